The summed E-state index contributed by atoms with van der Waals surface area (Å²) < 4.78 is 38.3. The highest BCUT2D eigenvalue weighted by molar-refractivity contribution is 7.89. The highest BCUT2D eigenvalue weighted by atomic mass is 35.5. The lowest BCUT2D eigenvalue weighted by Gasteiger charge is -2.21. The summed E-state index contributed by atoms with van der Waals surface area (Å²) in [6.07, 6.45) is 2.72. The van der Waals surface area contributed by atoms with E-state index in [2.05, 4.69) is 10.1 Å². The highest BCUT2D eigenvalue weighted by Crippen LogP contribution is 2.28. The van der Waals surface area contributed by atoms with Crippen molar-refractivity contribution >= 4 is 27.5 Å². The third-order valence-corrected chi connectivity index (χ3v) is 8.09. The first-order valence-electron chi connectivity index (χ1n) is 10.7. The van der Waals surface area contributed by atoms with Crippen LogP contribution in [0.4, 0.5) is 0 Å². The number of halogens is 1. The molecule has 2 aromatic heterocycles. The molecule has 0 N–H and O–H groups in total. The average molecular weight is 493 g/mol. The van der Waals surface area contributed by atoms with Gasteiger partial charge in [-0.05, 0) is 32.4 Å². The van der Waals surface area contributed by atoms with Gasteiger partial charge in [-0.3, -0.25) is 4.79 Å². The van der Waals surface area contributed by atoms with Gasteiger partial charge in [0.05, 0.1) is 11.2 Å². The molecule has 3 aromatic rings. The van der Waals surface area contributed by atoms with Crippen LogP contribution in [0.2, 0.25) is 5.02 Å². The number of hydrogen-bond acceptors (Lipinski definition) is 7. The molecule has 11 heteroatoms. The Balaban J connectivity index is 1.35. The number of aryl methyl sites for hydroxylation is 3. The van der Waals surface area contributed by atoms with Gasteiger partial charge in [0.1, 0.15) is 10.6 Å². The van der Waals surface area contributed by atoms with Crippen LogP contribution in [0.15, 0.2) is 44.3 Å². The minimum absolute atomic E-state index is 0.0657. The van der Waals surface area contributed by atoms with Gasteiger partial charge < -0.3 is 13.8 Å². The van der Waals surface area contributed by atoms with Gasteiger partial charge in [0.25, 0.3) is 0 Å². The Hall–Kier alpha value is -2.69. The number of oxazole rings is 1. The smallest absolute Gasteiger partial charge is 0.248 e. The van der Waals surface area contributed by atoms with Crippen molar-refractivity contribution in [3.05, 3.63) is 52.8 Å². The molecular formula is C22H25ClN4O5S. The van der Waals surface area contributed by atoms with E-state index >= 15 is 0 Å². The molecule has 4 rings (SSSR count). The summed E-state index contributed by atoms with van der Waals surface area (Å²) in [4.78, 5) is 18.9. The van der Waals surface area contributed by atoms with Crippen LogP contribution in [0.3, 0.4) is 0 Å². The number of carbonyl (C=O) groups is 1. The molecule has 0 spiro atoms. The second kappa shape index (κ2) is 9.66. The Bertz CT molecular complexity index is 1230. The Labute approximate surface area is 197 Å². The fourth-order valence-electron chi connectivity index (χ4n) is 3.94. The molecule has 3 heterocycles. The topological polar surface area (TPSA) is 110 Å². The number of hydrogen-bond donors (Lipinski definition) is 0. The van der Waals surface area contributed by atoms with Gasteiger partial charge in [-0.2, -0.15) is 4.31 Å². The van der Waals surface area contributed by atoms with E-state index in [1.54, 1.807) is 31.0 Å². The van der Waals surface area contributed by atoms with Crippen LogP contribution in [0.25, 0.3) is 11.3 Å². The Kier molecular flexibility index (Phi) is 6.87. The molecule has 0 saturated carbocycles. The fraction of sp³-hybridized carbons (Fsp3) is 0.409. The van der Waals surface area contributed by atoms with Gasteiger partial charge in [-0.25, -0.2) is 13.4 Å². The van der Waals surface area contributed by atoms with Crippen molar-refractivity contribution in [2.45, 2.75) is 38.0 Å². The summed E-state index contributed by atoms with van der Waals surface area (Å²) in [7, 11) is -3.73. The molecule has 0 aliphatic carbocycles. The van der Waals surface area contributed by atoms with E-state index < -0.39 is 10.0 Å². The van der Waals surface area contributed by atoms with Crippen LogP contribution < -0.4 is 0 Å². The number of benzene rings is 1. The van der Waals surface area contributed by atoms with Crippen LogP contribution in [0, 0.1) is 13.8 Å². The Morgan fingerprint density at radius 1 is 1.15 bits per heavy atom. The molecule has 1 amide bonds. The molecule has 1 aliphatic heterocycles. The second-order valence-electron chi connectivity index (χ2n) is 7.89. The SMILES string of the molecule is Cc1noc(C)c1S(=O)(=O)N1CCCN(C(=O)CCc2ncc(-c3ccccc3Cl)o2)CC1. The van der Waals surface area contributed by atoms with E-state index in [1.807, 2.05) is 18.2 Å². The van der Waals surface area contributed by atoms with E-state index in [9.17, 15) is 13.2 Å². The number of sulfonamides is 1. The highest BCUT2D eigenvalue weighted by Gasteiger charge is 2.32. The first kappa shape index (κ1) is 23.5. The van der Waals surface area contributed by atoms with E-state index in [4.69, 9.17) is 20.5 Å². The summed E-state index contributed by atoms with van der Waals surface area (Å²) in [5.74, 6) is 1.21. The van der Waals surface area contributed by atoms with Gasteiger partial charge in [0.2, 0.25) is 15.9 Å². The first-order valence-corrected chi connectivity index (χ1v) is 12.5. The van der Waals surface area contributed by atoms with Crippen molar-refractivity contribution in [3.8, 4) is 11.3 Å². The molecule has 1 aromatic carbocycles. The summed E-state index contributed by atoms with van der Waals surface area (Å²) in [5, 5.41) is 4.32. The van der Waals surface area contributed by atoms with Gasteiger partial charge >= 0.3 is 0 Å². The summed E-state index contributed by atoms with van der Waals surface area (Å²) in [6.45, 7) is 4.54. The Morgan fingerprint density at radius 2 is 1.94 bits per heavy atom. The minimum atomic E-state index is -3.73. The average Bonchev–Trinajstić information content (AvgIpc) is 3.29. The van der Waals surface area contributed by atoms with Crippen LogP contribution >= 0.6 is 11.6 Å². The first-order chi connectivity index (χ1) is 15.8. The molecule has 0 unspecified atom stereocenters. The van der Waals surface area contributed by atoms with Gasteiger partial charge in [-0.15, -0.1) is 0 Å². The van der Waals surface area contributed by atoms with Gasteiger partial charge in [0.15, 0.2) is 17.4 Å². The third-order valence-electron chi connectivity index (χ3n) is 5.62. The molecular weight excluding hydrogens is 468 g/mol. The summed E-state index contributed by atoms with van der Waals surface area (Å²) in [6, 6.07) is 7.32. The summed E-state index contributed by atoms with van der Waals surface area (Å²) >= 11 is 6.20. The monoisotopic (exact) mass is 492 g/mol. The van der Waals surface area contributed by atoms with E-state index in [-0.39, 0.29) is 29.5 Å². The van der Waals surface area contributed by atoms with Crippen molar-refractivity contribution < 1.29 is 22.2 Å². The molecule has 1 saturated heterocycles. The lowest BCUT2D eigenvalue weighted by Crippen LogP contribution is -2.37. The molecule has 0 radical (unpaired) electrons. The van der Waals surface area contributed by atoms with Crippen LogP contribution in [0.5, 0.6) is 0 Å². The number of carbonyl (C=O) groups excluding carboxylic acids is 1. The van der Waals surface area contributed by atoms with E-state index in [1.165, 1.54) is 4.31 Å². The minimum Gasteiger partial charge on any atom is -0.441 e. The lowest BCUT2D eigenvalue weighted by molar-refractivity contribution is -0.131. The zero-order valence-electron chi connectivity index (χ0n) is 18.5. The zero-order valence-corrected chi connectivity index (χ0v) is 20.0. The lowest BCUT2D eigenvalue weighted by atomic mass is 10.2. The molecule has 1 aliphatic rings. The fourth-order valence-corrected chi connectivity index (χ4v) is 5.93. The van der Waals surface area contributed by atoms with E-state index in [0.29, 0.717) is 54.8 Å². The Morgan fingerprint density at radius 3 is 2.67 bits per heavy atom. The zero-order chi connectivity index (χ0) is 23.6. The largest absolute Gasteiger partial charge is 0.441 e. The number of rotatable bonds is 6. The predicted molar refractivity (Wildman–Crippen MR) is 121 cm³/mol. The maximum atomic E-state index is 13.1. The van der Waals surface area contributed by atoms with Crippen LogP contribution in [-0.4, -0.2) is 59.8 Å². The molecule has 0 bridgehead atoms. The van der Waals surface area contributed by atoms with E-state index in [0.717, 1.165) is 5.56 Å². The maximum Gasteiger partial charge on any atom is 0.248 e. The molecule has 0 atom stereocenters. The molecule has 9 nitrogen and oxygen atoms in total. The van der Waals surface area contributed by atoms with Crippen molar-refractivity contribution in [1.29, 1.82) is 0 Å². The number of aromatic nitrogens is 2. The summed E-state index contributed by atoms with van der Waals surface area (Å²) in [5.41, 5.74) is 1.09. The van der Waals surface area contributed by atoms with Crippen molar-refractivity contribution in [2.75, 3.05) is 26.2 Å². The number of nitrogens with zero attached hydrogens (tertiary/aromatic N) is 4. The van der Waals surface area contributed by atoms with Crippen molar-refractivity contribution in [3.63, 3.8) is 0 Å². The maximum absolute atomic E-state index is 13.1. The quantitative estimate of drug-likeness (QED) is 0.518. The second-order valence-corrected chi connectivity index (χ2v) is 10.2. The third kappa shape index (κ3) is 4.97. The van der Waals surface area contributed by atoms with Crippen LogP contribution in [0.1, 0.15) is 30.2 Å². The standard InChI is InChI=1S/C22H25ClN4O5S/c1-15-22(16(2)32-25-15)33(29,30)27-11-5-10-26(12-13-27)21(28)9-8-20-24-14-19(31-20)17-6-3-4-7-18(17)23/h3-4,6-7,14H,5,8-13H2,1-2H3. The molecule has 1 fully saturated rings. The van der Waals surface area contributed by atoms with Crippen LogP contribution in [-0.2, 0) is 21.2 Å². The number of amides is 1. The molecule has 176 valence electrons. The van der Waals surface area contributed by atoms with Gasteiger partial charge in [-0.1, -0.05) is 28.9 Å². The van der Waals surface area contributed by atoms with Gasteiger partial charge in [0, 0.05) is 44.6 Å². The predicted octanol–water partition coefficient (Wildman–Crippen LogP) is 3.46. The molecule has 33 heavy (non-hydrogen) atoms. The normalized spacial score (nSPS) is 15.5. The van der Waals surface area contributed by atoms with Crippen molar-refractivity contribution in [1.82, 2.24) is 19.3 Å². The van der Waals surface area contributed by atoms with Crippen molar-refractivity contribution in [2.24, 2.45) is 0 Å².